The largest absolute Gasteiger partial charge is 0.454 e. The molecule has 0 spiro atoms. The van der Waals surface area contributed by atoms with Gasteiger partial charge in [-0.2, -0.15) is 22.0 Å². The van der Waals surface area contributed by atoms with Crippen LogP contribution in [0, 0.1) is 5.92 Å². The standard InChI is InChI=1S/C9H8F11/c10-1-6(14,2-11)5(7(15,3-12)4-13)8(16,17)9(18,19)20/h1-4H2. The molecule has 0 aromatic heterocycles. The maximum absolute atomic E-state index is 13.5. The molecule has 0 saturated heterocycles. The Balaban J connectivity index is 6.11. The van der Waals surface area contributed by atoms with Crippen LogP contribution < -0.4 is 0 Å². The lowest BCUT2D eigenvalue weighted by Gasteiger charge is -2.41. The third-order valence-electron chi connectivity index (χ3n) is 2.41. The quantitative estimate of drug-likeness (QED) is 0.620. The molecule has 0 aromatic carbocycles. The zero-order valence-corrected chi connectivity index (χ0v) is 9.49. The zero-order chi connectivity index (χ0) is 16.4. The molecule has 121 valence electrons. The summed E-state index contributed by atoms with van der Waals surface area (Å²) in [6, 6.07) is 0. The SMILES string of the molecule is FCC(F)(CF)[C](C(F)(CF)CF)C(F)(F)C(F)(F)F. The molecule has 0 aliphatic heterocycles. The molecule has 0 fully saturated rings. The first-order valence-corrected chi connectivity index (χ1v) is 4.81. The van der Waals surface area contributed by atoms with Crippen molar-refractivity contribution in [2.75, 3.05) is 26.7 Å². The minimum atomic E-state index is -6.69. The van der Waals surface area contributed by atoms with E-state index >= 15 is 0 Å². The minimum absolute atomic E-state index is 2.85. The molecule has 0 aliphatic carbocycles. The molecule has 0 unspecified atom stereocenters. The van der Waals surface area contributed by atoms with E-state index in [2.05, 4.69) is 0 Å². The van der Waals surface area contributed by atoms with Crippen LogP contribution in [0.25, 0.3) is 0 Å². The Morgan fingerprint density at radius 2 is 0.800 bits per heavy atom. The highest BCUT2D eigenvalue weighted by atomic mass is 19.4. The van der Waals surface area contributed by atoms with E-state index in [4.69, 9.17) is 0 Å². The fraction of sp³-hybridized carbons (Fsp3) is 0.889. The van der Waals surface area contributed by atoms with Crippen LogP contribution in [0.15, 0.2) is 0 Å². The second-order valence-corrected chi connectivity index (χ2v) is 3.91. The molecule has 0 aromatic rings. The van der Waals surface area contributed by atoms with E-state index in [0.717, 1.165) is 0 Å². The van der Waals surface area contributed by atoms with Crippen molar-refractivity contribution in [2.45, 2.75) is 23.4 Å². The van der Waals surface area contributed by atoms with Gasteiger partial charge in [0.2, 0.25) is 0 Å². The van der Waals surface area contributed by atoms with Crippen molar-refractivity contribution in [3.63, 3.8) is 0 Å². The number of rotatable bonds is 7. The molecule has 1 radical (unpaired) electrons. The van der Waals surface area contributed by atoms with Crippen molar-refractivity contribution < 1.29 is 48.3 Å². The highest BCUT2D eigenvalue weighted by Gasteiger charge is 2.75. The first-order chi connectivity index (χ1) is 8.86. The summed E-state index contributed by atoms with van der Waals surface area (Å²) < 4.78 is 138. The molecule has 0 rings (SSSR count). The fourth-order valence-corrected chi connectivity index (χ4v) is 1.44. The van der Waals surface area contributed by atoms with Gasteiger partial charge in [-0.25, -0.2) is 26.3 Å². The van der Waals surface area contributed by atoms with Crippen LogP contribution in [0.2, 0.25) is 0 Å². The number of halogens is 11. The maximum atomic E-state index is 13.5. The maximum Gasteiger partial charge on any atom is 0.454 e. The highest BCUT2D eigenvalue weighted by molar-refractivity contribution is 5.29. The molecule has 11 heteroatoms. The first kappa shape index (κ1) is 19.2. The minimum Gasteiger partial charge on any atom is -0.247 e. The fourth-order valence-electron chi connectivity index (χ4n) is 1.44. The van der Waals surface area contributed by atoms with Gasteiger partial charge in [-0.05, 0) is 0 Å². The Bertz CT molecular complexity index is 284. The summed E-state index contributed by atoms with van der Waals surface area (Å²) in [6.07, 6.45) is -6.69. The van der Waals surface area contributed by atoms with Gasteiger partial charge in [0.15, 0.2) is 11.3 Å². The van der Waals surface area contributed by atoms with Gasteiger partial charge in [0.1, 0.15) is 32.6 Å². The van der Waals surface area contributed by atoms with E-state index in [1.165, 1.54) is 0 Å². The van der Waals surface area contributed by atoms with Gasteiger partial charge in [0.05, 0.1) is 0 Å². The zero-order valence-electron chi connectivity index (χ0n) is 9.49. The van der Waals surface area contributed by atoms with E-state index < -0.39 is 56.1 Å². The Morgan fingerprint density at radius 3 is 0.950 bits per heavy atom. The third kappa shape index (κ3) is 3.11. The molecule has 0 nitrogen and oxygen atoms in total. The molecule has 0 atom stereocenters. The summed E-state index contributed by atoms with van der Waals surface area (Å²) in [5.74, 6) is -9.95. The predicted molar refractivity (Wildman–Crippen MR) is 45.8 cm³/mol. The molecule has 0 saturated carbocycles. The van der Waals surface area contributed by atoms with Crippen molar-refractivity contribution in [1.29, 1.82) is 0 Å². The van der Waals surface area contributed by atoms with Crippen molar-refractivity contribution in [3.8, 4) is 0 Å². The van der Waals surface area contributed by atoms with Crippen LogP contribution in [0.3, 0.4) is 0 Å². The van der Waals surface area contributed by atoms with E-state index in [-0.39, 0.29) is 0 Å². The van der Waals surface area contributed by atoms with Crippen LogP contribution in [-0.2, 0) is 0 Å². The molecule has 0 bridgehead atoms. The molecular formula is C9H8F11. The van der Waals surface area contributed by atoms with Gasteiger partial charge in [0, 0.05) is 0 Å². The summed E-state index contributed by atoms with van der Waals surface area (Å²) in [5, 5.41) is 0. The molecule has 0 aliphatic rings. The van der Waals surface area contributed by atoms with Crippen LogP contribution in [0.1, 0.15) is 0 Å². The van der Waals surface area contributed by atoms with Gasteiger partial charge < -0.3 is 0 Å². The summed E-state index contributed by atoms with van der Waals surface area (Å²) in [4.78, 5) is 0. The average Bonchev–Trinajstić information content (AvgIpc) is 2.36. The number of hydrogen-bond acceptors (Lipinski definition) is 0. The molecular weight excluding hydrogens is 317 g/mol. The van der Waals surface area contributed by atoms with Gasteiger partial charge in [-0.3, -0.25) is 0 Å². The van der Waals surface area contributed by atoms with Crippen LogP contribution in [-0.4, -0.2) is 50.1 Å². The van der Waals surface area contributed by atoms with E-state index in [1.807, 2.05) is 0 Å². The molecule has 20 heavy (non-hydrogen) atoms. The van der Waals surface area contributed by atoms with E-state index in [1.54, 1.807) is 0 Å². The van der Waals surface area contributed by atoms with Gasteiger partial charge in [-0.15, -0.1) is 0 Å². The lowest BCUT2D eigenvalue weighted by atomic mass is 9.74. The third-order valence-corrected chi connectivity index (χ3v) is 2.41. The monoisotopic (exact) mass is 325 g/mol. The van der Waals surface area contributed by atoms with E-state index in [9.17, 15) is 48.3 Å². The highest BCUT2D eigenvalue weighted by Crippen LogP contribution is 2.54. The van der Waals surface area contributed by atoms with Crippen molar-refractivity contribution in [2.24, 2.45) is 0 Å². The molecule has 0 heterocycles. The lowest BCUT2D eigenvalue weighted by Crippen LogP contribution is -2.62. The van der Waals surface area contributed by atoms with E-state index in [0.29, 0.717) is 0 Å². The summed E-state index contributed by atoms with van der Waals surface area (Å²) in [5.41, 5.74) is -9.63. The molecule has 0 amide bonds. The second kappa shape index (κ2) is 5.92. The van der Waals surface area contributed by atoms with Gasteiger partial charge >= 0.3 is 12.1 Å². The second-order valence-electron chi connectivity index (χ2n) is 3.91. The van der Waals surface area contributed by atoms with Crippen LogP contribution in [0.5, 0.6) is 0 Å². The lowest BCUT2D eigenvalue weighted by molar-refractivity contribution is -0.292. The Morgan fingerprint density at radius 1 is 0.550 bits per heavy atom. The number of hydrogen-bond donors (Lipinski definition) is 0. The Hall–Kier alpha value is -0.770. The summed E-state index contributed by atoms with van der Waals surface area (Å²) >= 11 is 0. The van der Waals surface area contributed by atoms with Crippen LogP contribution in [0.4, 0.5) is 48.3 Å². The topological polar surface area (TPSA) is 0 Å². The summed E-state index contributed by atoms with van der Waals surface area (Å²) in [6.45, 7) is -11.4. The predicted octanol–water partition coefficient (Wildman–Crippen LogP) is 4.05. The normalized spacial score (nSPS) is 15.0. The molecule has 0 N–H and O–H groups in total. The average molecular weight is 325 g/mol. The smallest absolute Gasteiger partial charge is 0.247 e. The van der Waals surface area contributed by atoms with Gasteiger partial charge in [-0.1, -0.05) is 0 Å². The number of alkyl halides is 11. The van der Waals surface area contributed by atoms with Crippen molar-refractivity contribution >= 4 is 0 Å². The van der Waals surface area contributed by atoms with Crippen LogP contribution >= 0.6 is 0 Å². The van der Waals surface area contributed by atoms with Crippen molar-refractivity contribution in [3.05, 3.63) is 5.92 Å². The Kier molecular flexibility index (Phi) is 5.69. The van der Waals surface area contributed by atoms with Gasteiger partial charge in [0.25, 0.3) is 0 Å². The van der Waals surface area contributed by atoms with Crippen molar-refractivity contribution in [1.82, 2.24) is 0 Å². The Labute approximate surface area is 105 Å². The first-order valence-electron chi connectivity index (χ1n) is 4.81. The summed E-state index contributed by atoms with van der Waals surface area (Å²) in [7, 11) is 0.